The second kappa shape index (κ2) is 9.80. The summed E-state index contributed by atoms with van der Waals surface area (Å²) in [5.74, 6) is 6.08. The van der Waals surface area contributed by atoms with Crippen molar-refractivity contribution in [2.24, 2.45) is 0 Å². The Hall–Kier alpha value is -0.432. The molecule has 0 aliphatic carbocycles. The lowest BCUT2D eigenvalue weighted by Gasteiger charge is -2.58. The molecule has 164 valence electrons. The third-order valence-corrected chi connectivity index (χ3v) is 73.7. The molecule has 0 saturated carbocycles. The van der Waals surface area contributed by atoms with Crippen LogP contribution in [0.25, 0.3) is 0 Å². The third-order valence-electron chi connectivity index (χ3n) is 6.15. The summed E-state index contributed by atoms with van der Waals surface area (Å²) < 4.78 is 7.56. The summed E-state index contributed by atoms with van der Waals surface area (Å²) >= 11 is 0. The van der Waals surface area contributed by atoms with Gasteiger partial charge in [-0.05, 0) is 12.5 Å². The van der Waals surface area contributed by atoms with Crippen LogP contribution >= 0.6 is 0 Å². The minimum atomic E-state index is -1.99. The molecule has 0 amide bonds. The molecule has 1 N–H and O–H groups in total. The van der Waals surface area contributed by atoms with E-state index in [1.54, 1.807) is 6.92 Å². The first-order valence-electron chi connectivity index (χ1n) is 10.9. The van der Waals surface area contributed by atoms with E-state index in [2.05, 4.69) is 108 Å². The summed E-state index contributed by atoms with van der Waals surface area (Å²) in [4.78, 5) is 0. The highest BCUT2D eigenvalue weighted by Gasteiger charge is 2.64. The van der Waals surface area contributed by atoms with Gasteiger partial charge in [-0.2, -0.15) is 0 Å². The van der Waals surface area contributed by atoms with Gasteiger partial charge < -0.3 is 9.53 Å². The van der Waals surface area contributed by atoms with Gasteiger partial charge in [-0.1, -0.05) is 102 Å². The SMILES string of the molecule is CC#C[C@H](O)C[C@H](O[Si]([Si](C)(C)C)([Si](C)(C)C)[Si](C)(C)C)[C@@H](C)c1ccccc1. The van der Waals surface area contributed by atoms with Gasteiger partial charge in [0.1, 0.15) is 6.10 Å². The Kier molecular flexibility index (Phi) is 8.99. The Labute approximate surface area is 184 Å². The monoisotopic (exact) mass is 464 g/mol. The molecule has 0 bridgehead atoms. The molecule has 0 aliphatic rings. The van der Waals surface area contributed by atoms with Crippen molar-refractivity contribution in [1.29, 1.82) is 0 Å². The second-order valence-electron chi connectivity index (χ2n) is 11.4. The summed E-state index contributed by atoms with van der Waals surface area (Å²) in [6, 6.07) is 10.7. The Balaban J connectivity index is 3.57. The van der Waals surface area contributed by atoms with E-state index in [1.165, 1.54) is 5.56 Å². The Morgan fingerprint density at radius 1 is 0.862 bits per heavy atom. The largest absolute Gasteiger partial charge is 0.422 e. The maximum absolute atomic E-state index is 10.6. The van der Waals surface area contributed by atoms with Crippen molar-refractivity contribution < 1.29 is 9.53 Å². The fraction of sp³-hybridized carbons (Fsp3) is 0.652. The molecule has 0 fully saturated rings. The molecule has 29 heavy (non-hydrogen) atoms. The van der Waals surface area contributed by atoms with E-state index in [-0.39, 0.29) is 12.0 Å². The van der Waals surface area contributed by atoms with E-state index >= 15 is 0 Å². The first-order chi connectivity index (χ1) is 13.1. The van der Waals surface area contributed by atoms with Gasteiger partial charge in [-0.3, -0.25) is 0 Å². The number of benzene rings is 1. The lowest BCUT2D eigenvalue weighted by atomic mass is 9.92. The number of hydrogen-bond acceptors (Lipinski definition) is 2. The van der Waals surface area contributed by atoms with Gasteiger partial charge in [0.05, 0.1) is 28.9 Å². The normalized spacial score (nSPS) is 16.6. The molecule has 0 spiro atoms. The van der Waals surface area contributed by atoms with E-state index in [1.807, 2.05) is 0 Å². The quantitative estimate of drug-likeness (QED) is 0.351. The molecule has 1 aromatic rings. The fourth-order valence-electron chi connectivity index (χ4n) is 5.90. The van der Waals surface area contributed by atoms with E-state index in [0.29, 0.717) is 6.42 Å². The van der Waals surface area contributed by atoms with Crippen LogP contribution in [0.2, 0.25) is 58.9 Å². The zero-order valence-corrected chi connectivity index (χ0v) is 24.7. The molecule has 1 rings (SSSR count). The maximum Gasteiger partial charge on any atom is 0.158 e. The molecule has 0 unspecified atom stereocenters. The lowest BCUT2D eigenvalue weighted by Crippen LogP contribution is -2.85. The van der Waals surface area contributed by atoms with Crippen molar-refractivity contribution in [2.75, 3.05) is 0 Å². The van der Waals surface area contributed by atoms with E-state index < -0.39 is 35.7 Å². The zero-order chi connectivity index (χ0) is 22.7. The van der Waals surface area contributed by atoms with Crippen molar-refractivity contribution >= 4 is 29.6 Å². The highest BCUT2D eigenvalue weighted by Crippen LogP contribution is 2.41. The van der Waals surface area contributed by atoms with Gasteiger partial charge in [0.15, 0.2) is 6.87 Å². The second-order valence-corrected chi connectivity index (χ2v) is 50.9. The smallest absolute Gasteiger partial charge is 0.158 e. The van der Waals surface area contributed by atoms with Crippen LogP contribution in [0.15, 0.2) is 30.3 Å². The summed E-state index contributed by atoms with van der Waals surface area (Å²) in [5, 5.41) is 10.6. The summed E-state index contributed by atoms with van der Waals surface area (Å²) in [6.45, 7) is 25.0. The van der Waals surface area contributed by atoms with Crippen molar-refractivity contribution in [3.8, 4) is 11.8 Å². The maximum atomic E-state index is 10.6. The molecule has 0 radical (unpaired) electrons. The van der Waals surface area contributed by atoms with E-state index in [9.17, 15) is 5.11 Å². The summed E-state index contributed by atoms with van der Waals surface area (Å²) in [6.07, 6.45) is -0.0386. The topological polar surface area (TPSA) is 29.5 Å². The highest BCUT2D eigenvalue weighted by atomic mass is 29.9. The van der Waals surface area contributed by atoms with E-state index in [0.717, 1.165) is 0 Å². The first-order valence-corrected chi connectivity index (χ1v) is 26.3. The summed E-state index contributed by atoms with van der Waals surface area (Å²) in [7, 11) is -4.69. The first kappa shape index (κ1) is 26.6. The van der Waals surface area contributed by atoms with Crippen LogP contribution in [0.4, 0.5) is 0 Å². The van der Waals surface area contributed by atoms with Crippen LogP contribution in [0.1, 0.15) is 31.7 Å². The Bertz CT molecular complexity index is 667. The molecule has 1 aromatic carbocycles. The number of hydrogen-bond donors (Lipinski definition) is 1. The average Bonchev–Trinajstić information content (AvgIpc) is 2.55. The van der Waals surface area contributed by atoms with Gasteiger partial charge in [-0.15, -0.1) is 5.92 Å². The standard InChI is InChI=1S/C23H44O2Si4/c1-12-16-22(24)19-23(20(2)21-17-14-13-15-18-21)25-29(26(3,4)5,27(6,7)8)28(9,10)11/h13-15,17-18,20,22-24H,19H2,1-11H3/t20-,22-,23-/m0/s1. The molecule has 0 heterocycles. The van der Waals surface area contributed by atoms with Crippen molar-refractivity contribution in [2.45, 2.75) is 97.3 Å². The van der Waals surface area contributed by atoms with Crippen molar-refractivity contribution in [3.05, 3.63) is 35.9 Å². The Morgan fingerprint density at radius 3 is 1.69 bits per heavy atom. The fourth-order valence-corrected chi connectivity index (χ4v) is 100. The van der Waals surface area contributed by atoms with E-state index in [4.69, 9.17) is 4.43 Å². The summed E-state index contributed by atoms with van der Waals surface area (Å²) in [5.41, 5.74) is 1.29. The zero-order valence-electron chi connectivity index (χ0n) is 20.7. The molecule has 6 heteroatoms. The lowest BCUT2D eigenvalue weighted by molar-refractivity contribution is 0.111. The van der Waals surface area contributed by atoms with Crippen molar-refractivity contribution in [1.82, 2.24) is 0 Å². The van der Waals surface area contributed by atoms with Gasteiger partial charge in [0.25, 0.3) is 0 Å². The van der Waals surface area contributed by atoms with Crippen LogP contribution in [-0.4, -0.2) is 47.0 Å². The van der Waals surface area contributed by atoms with Gasteiger partial charge in [-0.25, -0.2) is 0 Å². The van der Waals surface area contributed by atoms with Crippen molar-refractivity contribution in [3.63, 3.8) is 0 Å². The van der Waals surface area contributed by atoms with Crippen LogP contribution in [0, 0.1) is 11.8 Å². The minimum absolute atomic E-state index is 0.00471. The molecule has 0 aliphatic heterocycles. The molecular weight excluding hydrogens is 421 g/mol. The number of aliphatic hydroxyl groups excluding tert-OH is 1. The van der Waals surface area contributed by atoms with Gasteiger partial charge in [0.2, 0.25) is 0 Å². The van der Waals surface area contributed by atoms with Crippen LogP contribution in [0.3, 0.4) is 0 Å². The minimum Gasteiger partial charge on any atom is -0.422 e. The number of rotatable bonds is 9. The van der Waals surface area contributed by atoms with Crippen LogP contribution in [0.5, 0.6) is 0 Å². The molecule has 2 nitrogen and oxygen atoms in total. The predicted molar refractivity (Wildman–Crippen MR) is 140 cm³/mol. The Morgan fingerprint density at radius 2 is 1.31 bits per heavy atom. The third kappa shape index (κ3) is 6.05. The van der Waals surface area contributed by atoms with Gasteiger partial charge >= 0.3 is 0 Å². The van der Waals surface area contributed by atoms with Gasteiger partial charge in [0, 0.05) is 12.3 Å². The average molecular weight is 465 g/mol. The number of aliphatic hydroxyl groups is 1. The highest BCUT2D eigenvalue weighted by molar-refractivity contribution is 7.87. The van der Waals surface area contributed by atoms with Crippen LogP contribution < -0.4 is 0 Å². The van der Waals surface area contributed by atoms with Crippen LogP contribution in [-0.2, 0) is 4.43 Å². The molecular formula is C23H44O2Si4. The molecule has 0 aromatic heterocycles. The molecule has 0 saturated heterocycles. The predicted octanol–water partition coefficient (Wildman–Crippen LogP) is 6.14. The molecule has 3 atom stereocenters.